The van der Waals surface area contributed by atoms with Crippen molar-refractivity contribution < 1.29 is 4.79 Å². The van der Waals surface area contributed by atoms with Crippen LogP contribution in [0.3, 0.4) is 0 Å². The van der Waals surface area contributed by atoms with Gasteiger partial charge in [0.25, 0.3) is 0 Å². The molecule has 2 rings (SSSR count). The summed E-state index contributed by atoms with van der Waals surface area (Å²) in [5, 5.41) is 0. The largest absolute Gasteiger partial charge is 0.299 e. The summed E-state index contributed by atoms with van der Waals surface area (Å²) in [6, 6.07) is 0. The van der Waals surface area contributed by atoms with Crippen LogP contribution in [0.15, 0.2) is 12.2 Å². The topological polar surface area (TPSA) is 17.1 Å². The van der Waals surface area contributed by atoms with E-state index in [-0.39, 0.29) is 0 Å². The number of carbonyl (C=O) groups is 1. The van der Waals surface area contributed by atoms with Gasteiger partial charge in [0.2, 0.25) is 0 Å². The summed E-state index contributed by atoms with van der Waals surface area (Å²) in [5.74, 6) is 1.48. The van der Waals surface area contributed by atoms with E-state index in [0.717, 1.165) is 25.7 Å². The summed E-state index contributed by atoms with van der Waals surface area (Å²) >= 11 is 0. The lowest BCUT2D eigenvalue weighted by Crippen LogP contribution is -2.24. The van der Waals surface area contributed by atoms with Gasteiger partial charge in [0, 0.05) is 12.3 Å². The summed E-state index contributed by atoms with van der Waals surface area (Å²) in [7, 11) is 0. The first-order valence-electron chi connectivity index (χ1n) is 6.57. The van der Waals surface area contributed by atoms with Gasteiger partial charge in [0.15, 0.2) is 0 Å². The van der Waals surface area contributed by atoms with Crippen LogP contribution in [0.25, 0.3) is 0 Å². The number of ketones is 1. The SMILES string of the molecule is O=C1CCC/C=C/[C@@H]2CCCCCC[C@@H]12. The van der Waals surface area contributed by atoms with Crippen LogP contribution in [-0.4, -0.2) is 5.78 Å². The number of hydrogen-bond donors (Lipinski definition) is 0. The van der Waals surface area contributed by atoms with Crippen molar-refractivity contribution in [3.05, 3.63) is 12.2 Å². The summed E-state index contributed by atoms with van der Waals surface area (Å²) in [6.45, 7) is 0. The fourth-order valence-electron chi connectivity index (χ4n) is 2.99. The van der Waals surface area contributed by atoms with Crippen LogP contribution in [0.4, 0.5) is 0 Å². The highest BCUT2D eigenvalue weighted by Gasteiger charge is 2.27. The third-order valence-corrected chi connectivity index (χ3v) is 3.91. The van der Waals surface area contributed by atoms with Crippen molar-refractivity contribution in [1.29, 1.82) is 0 Å². The van der Waals surface area contributed by atoms with Crippen LogP contribution in [0.5, 0.6) is 0 Å². The molecule has 1 nitrogen and oxygen atoms in total. The number of allylic oxidation sites excluding steroid dienone is 2. The van der Waals surface area contributed by atoms with Crippen LogP contribution in [0.2, 0.25) is 0 Å². The molecule has 0 aliphatic heterocycles. The molecule has 0 heterocycles. The second-order valence-electron chi connectivity index (χ2n) is 5.05. The lowest BCUT2D eigenvalue weighted by atomic mass is 9.77. The predicted molar refractivity (Wildman–Crippen MR) is 62.7 cm³/mol. The van der Waals surface area contributed by atoms with Gasteiger partial charge in [-0.15, -0.1) is 0 Å². The van der Waals surface area contributed by atoms with Crippen LogP contribution < -0.4 is 0 Å². The Balaban J connectivity index is 2.09. The van der Waals surface area contributed by atoms with Gasteiger partial charge in [-0.25, -0.2) is 0 Å². The van der Waals surface area contributed by atoms with Gasteiger partial charge in [-0.3, -0.25) is 4.79 Å². The Kier molecular flexibility index (Phi) is 3.99. The minimum atomic E-state index is 0.363. The van der Waals surface area contributed by atoms with E-state index in [2.05, 4.69) is 12.2 Å². The van der Waals surface area contributed by atoms with E-state index in [1.54, 1.807) is 0 Å². The molecular weight excluding hydrogens is 184 g/mol. The summed E-state index contributed by atoms with van der Waals surface area (Å²) in [6.07, 6.45) is 15.3. The molecule has 0 spiro atoms. The highest BCUT2D eigenvalue weighted by atomic mass is 16.1. The molecule has 0 aromatic carbocycles. The molecule has 0 radical (unpaired) electrons. The van der Waals surface area contributed by atoms with Gasteiger partial charge in [-0.1, -0.05) is 37.8 Å². The van der Waals surface area contributed by atoms with Gasteiger partial charge in [0.1, 0.15) is 5.78 Å². The first-order chi connectivity index (χ1) is 7.38. The third-order valence-electron chi connectivity index (χ3n) is 3.91. The molecule has 2 atom stereocenters. The molecule has 84 valence electrons. The van der Waals surface area contributed by atoms with Crippen LogP contribution in [0.1, 0.15) is 57.8 Å². The monoisotopic (exact) mass is 206 g/mol. The predicted octanol–water partition coefficient (Wildman–Crippen LogP) is 3.88. The molecule has 2 aliphatic rings. The minimum absolute atomic E-state index is 0.363. The summed E-state index contributed by atoms with van der Waals surface area (Å²) in [4.78, 5) is 12.0. The van der Waals surface area contributed by atoms with Crippen molar-refractivity contribution in [2.75, 3.05) is 0 Å². The van der Waals surface area contributed by atoms with E-state index in [4.69, 9.17) is 0 Å². The van der Waals surface area contributed by atoms with Crippen molar-refractivity contribution in [3.63, 3.8) is 0 Å². The molecule has 1 fully saturated rings. The van der Waals surface area contributed by atoms with E-state index < -0.39 is 0 Å². The highest BCUT2D eigenvalue weighted by molar-refractivity contribution is 5.81. The first-order valence-corrected chi connectivity index (χ1v) is 6.57. The fourth-order valence-corrected chi connectivity index (χ4v) is 2.99. The Bertz CT molecular complexity index is 242. The Hall–Kier alpha value is -0.590. The summed E-state index contributed by atoms with van der Waals surface area (Å²) < 4.78 is 0. The molecule has 15 heavy (non-hydrogen) atoms. The van der Waals surface area contributed by atoms with Crippen LogP contribution >= 0.6 is 0 Å². The maximum Gasteiger partial charge on any atom is 0.136 e. The average Bonchev–Trinajstić information content (AvgIpc) is 2.18. The molecule has 0 aromatic rings. The minimum Gasteiger partial charge on any atom is -0.299 e. The zero-order chi connectivity index (χ0) is 10.5. The van der Waals surface area contributed by atoms with Crippen LogP contribution in [-0.2, 0) is 4.79 Å². The Labute approximate surface area is 92.9 Å². The number of carbonyl (C=O) groups excluding carboxylic acids is 1. The Morgan fingerprint density at radius 2 is 1.80 bits per heavy atom. The van der Waals surface area contributed by atoms with Crippen molar-refractivity contribution in [2.45, 2.75) is 57.8 Å². The van der Waals surface area contributed by atoms with E-state index >= 15 is 0 Å². The maximum atomic E-state index is 12.0. The number of rotatable bonds is 0. The zero-order valence-corrected chi connectivity index (χ0v) is 9.58. The van der Waals surface area contributed by atoms with Crippen molar-refractivity contribution in [3.8, 4) is 0 Å². The zero-order valence-electron chi connectivity index (χ0n) is 9.58. The number of fused-ring (bicyclic) bond motifs is 1. The average molecular weight is 206 g/mol. The van der Waals surface area contributed by atoms with Gasteiger partial charge in [-0.05, 0) is 31.6 Å². The van der Waals surface area contributed by atoms with Gasteiger partial charge in [0.05, 0.1) is 0 Å². The van der Waals surface area contributed by atoms with E-state index in [1.807, 2.05) is 0 Å². The highest BCUT2D eigenvalue weighted by Crippen LogP contribution is 2.32. The standard InChI is InChI=1S/C14H22O/c15-14-11-7-3-5-9-12-8-4-1-2-6-10-13(12)14/h5,9,12-13H,1-4,6-8,10-11H2/b9-5+/t12-,13+/m0/s1. The quantitative estimate of drug-likeness (QED) is 0.550. The molecule has 1 heteroatoms. The number of hydrogen-bond acceptors (Lipinski definition) is 1. The lowest BCUT2D eigenvalue weighted by molar-refractivity contribution is -0.124. The first kappa shape index (κ1) is 10.9. The van der Waals surface area contributed by atoms with Gasteiger partial charge in [-0.2, -0.15) is 0 Å². The molecule has 0 bridgehead atoms. The fraction of sp³-hybridized carbons (Fsp3) is 0.786. The Morgan fingerprint density at radius 3 is 2.67 bits per heavy atom. The molecule has 0 N–H and O–H groups in total. The van der Waals surface area contributed by atoms with Crippen molar-refractivity contribution in [1.82, 2.24) is 0 Å². The smallest absolute Gasteiger partial charge is 0.136 e. The maximum absolute atomic E-state index is 12.0. The second-order valence-corrected chi connectivity index (χ2v) is 5.05. The van der Waals surface area contributed by atoms with Crippen LogP contribution in [0, 0.1) is 11.8 Å². The van der Waals surface area contributed by atoms with E-state index in [9.17, 15) is 4.79 Å². The third kappa shape index (κ3) is 2.93. The molecular formula is C14H22O. The molecule has 1 saturated carbocycles. The van der Waals surface area contributed by atoms with E-state index in [0.29, 0.717) is 17.6 Å². The van der Waals surface area contributed by atoms with Gasteiger partial charge < -0.3 is 0 Å². The molecule has 0 aromatic heterocycles. The molecule has 2 aliphatic carbocycles. The van der Waals surface area contributed by atoms with Gasteiger partial charge >= 0.3 is 0 Å². The Morgan fingerprint density at radius 1 is 1.00 bits per heavy atom. The van der Waals surface area contributed by atoms with E-state index in [1.165, 1.54) is 32.1 Å². The summed E-state index contributed by atoms with van der Waals surface area (Å²) in [5.41, 5.74) is 0. The second kappa shape index (κ2) is 5.48. The molecule has 0 saturated heterocycles. The van der Waals surface area contributed by atoms with Crippen molar-refractivity contribution in [2.24, 2.45) is 11.8 Å². The lowest BCUT2D eigenvalue weighted by Gasteiger charge is -2.27. The normalized spacial score (nSPS) is 35.6. The molecule has 0 amide bonds. The number of Topliss-reactive ketones (excluding diaryl/α,β-unsaturated/α-hetero) is 1. The van der Waals surface area contributed by atoms with Crippen molar-refractivity contribution >= 4 is 5.78 Å². The molecule has 0 unspecified atom stereocenters.